The summed E-state index contributed by atoms with van der Waals surface area (Å²) in [5.74, 6) is 2.02. The van der Waals surface area contributed by atoms with E-state index in [9.17, 15) is 13.2 Å². The molecule has 2 aromatic rings. The van der Waals surface area contributed by atoms with Crippen molar-refractivity contribution in [2.75, 3.05) is 39.5 Å². The van der Waals surface area contributed by atoms with Crippen molar-refractivity contribution >= 4 is 44.8 Å². The van der Waals surface area contributed by atoms with Gasteiger partial charge in [-0.3, -0.25) is 9.52 Å². The predicted octanol–water partition coefficient (Wildman–Crippen LogP) is 3.31. The third kappa shape index (κ3) is 4.95. The average molecular weight is 406 g/mol. The van der Waals surface area contributed by atoms with Crippen molar-refractivity contribution < 1.29 is 13.2 Å². The van der Waals surface area contributed by atoms with Crippen LogP contribution < -0.4 is 14.9 Å². The van der Waals surface area contributed by atoms with E-state index in [1.807, 2.05) is 36.9 Å². The van der Waals surface area contributed by atoms with Gasteiger partial charge in [-0.1, -0.05) is 0 Å². The summed E-state index contributed by atoms with van der Waals surface area (Å²) < 4.78 is 28.0. The molecular weight excluding hydrogens is 382 g/mol. The highest BCUT2D eigenvalue weighted by Crippen LogP contribution is 2.27. The molecule has 1 fully saturated rings. The number of benzene rings is 2. The highest BCUT2D eigenvalue weighted by Gasteiger charge is 2.17. The van der Waals surface area contributed by atoms with Crippen molar-refractivity contribution in [3.05, 3.63) is 48.0 Å². The van der Waals surface area contributed by atoms with E-state index in [0.29, 0.717) is 11.4 Å². The largest absolute Gasteiger partial charge is 0.370 e. The van der Waals surface area contributed by atoms with E-state index in [4.69, 9.17) is 0 Å². The summed E-state index contributed by atoms with van der Waals surface area (Å²) in [5, 5.41) is 2.62. The zero-order valence-electron chi connectivity index (χ0n) is 15.4. The molecule has 27 heavy (non-hydrogen) atoms. The second kappa shape index (κ2) is 8.22. The molecule has 1 heterocycles. The van der Waals surface area contributed by atoms with Gasteiger partial charge in [0.1, 0.15) is 0 Å². The molecule has 0 radical (unpaired) electrons. The van der Waals surface area contributed by atoms with Crippen molar-refractivity contribution in [2.24, 2.45) is 0 Å². The smallest absolute Gasteiger partial charge is 0.261 e. The normalized spacial score (nSPS) is 14.7. The maximum Gasteiger partial charge on any atom is 0.261 e. The van der Waals surface area contributed by atoms with E-state index in [1.54, 1.807) is 12.1 Å². The number of nitrogens with one attached hydrogen (secondary N) is 2. The van der Waals surface area contributed by atoms with Crippen molar-refractivity contribution in [1.29, 1.82) is 0 Å². The van der Waals surface area contributed by atoms with Gasteiger partial charge < -0.3 is 10.2 Å². The summed E-state index contributed by atoms with van der Waals surface area (Å²) in [4.78, 5) is 13.5. The molecule has 1 aliphatic rings. The van der Waals surface area contributed by atoms with Gasteiger partial charge in [-0.15, -0.1) is 0 Å². The van der Waals surface area contributed by atoms with Gasteiger partial charge in [0, 0.05) is 42.9 Å². The quantitative estimate of drug-likeness (QED) is 0.798. The summed E-state index contributed by atoms with van der Waals surface area (Å²) in [7, 11) is -3.70. The molecular formula is C19H23N3O3S2. The zero-order chi connectivity index (χ0) is 19.4. The average Bonchev–Trinajstić information content (AvgIpc) is 2.64. The number of hydrogen-bond donors (Lipinski definition) is 2. The summed E-state index contributed by atoms with van der Waals surface area (Å²) >= 11 is 1.95. The molecule has 1 aliphatic heterocycles. The van der Waals surface area contributed by atoms with E-state index in [2.05, 4.69) is 14.9 Å². The van der Waals surface area contributed by atoms with Crippen LogP contribution in [-0.4, -0.2) is 38.9 Å². The Morgan fingerprint density at radius 1 is 1.07 bits per heavy atom. The molecule has 2 aromatic carbocycles. The van der Waals surface area contributed by atoms with Crippen LogP contribution in [0, 0.1) is 6.92 Å². The molecule has 1 saturated heterocycles. The number of thioether (sulfide) groups is 1. The third-order valence-electron chi connectivity index (χ3n) is 4.32. The number of anilines is 3. The lowest BCUT2D eigenvalue weighted by atomic mass is 10.1. The first kappa shape index (κ1) is 19.6. The van der Waals surface area contributed by atoms with Crippen molar-refractivity contribution in [3.63, 3.8) is 0 Å². The molecule has 0 atom stereocenters. The van der Waals surface area contributed by atoms with Crippen LogP contribution in [0.1, 0.15) is 12.5 Å². The Labute approximate surface area is 164 Å². The molecule has 1 amide bonds. The molecule has 0 unspecified atom stereocenters. The van der Waals surface area contributed by atoms with Gasteiger partial charge >= 0.3 is 0 Å². The van der Waals surface area contributed by atoms with Crippen molar-refractivity contribution in [2.45, 2.75) is 18.7 Å². The lowest BCUT2D eigenvalue weighted by Gasteiger charge is -2.29. The number of carbonyl (C=O) groups is 1. The Kier molecular flexibility index (Phi) is 5.96. The maximum absolute atomic E-state index is 12.7. The van der Waals surface area contributed by atoms with Crippen LogP contribution in [-0.2, 0) is 14.8 Å². The second-order valence-electron chi connectivity index (χ2n) is 6.41. The zero-order valence-corrected chi connectivity index (χ0v) is 17.0. The van der Waals surface area contributed by atoms with Gasteiger partial charge in [0.05, 0.1) is 10.6 Å². The molecule has 3 rings (SSSR count). The standard InChI is InChI=1S/C19H23N3O3S2/c1-14-13-17(22-9-11-26-12-10-22)5-8-19(14)21-27(24,25)18-6-3-16(4-7-18)20-15(2)23/h3-8,13,21H,9-12H2,1-2H3,(H,20,23). The van der Waals surface area contributed by atoms with Gasteiger partial charge in [-0.05, 0) is 55.0 Å². The lowest BCUT2D eigenvalue weighted by molar-refractivity contribution is -0.114. The number of rotatable bonds is 5. The number of carbonyl (C=O) groups excluding carboxylic acids is 1. The van der Waals surface area contributed by atoms with Crippen LogP contribution in [0.25, 0.3) is 0 Å². The van der Waals surface area contributed by atoms with Crippen molar-refractivity contribution in [3.8, 4) is 0 Å². The van der Waals surface area contributed by atoms with Crippen LogP contribution in [0.4, 0.5) is 17.1 Å². The fourth-order valence-corrected chi connectivity index (χ4v) is 4.94. The second-order valence-corrected chi connectivity index (χ2v) is 9.32. The molecule has 2 N–H and O–H groups in total. The topological polar surface area (TPSA) is 78.5 Å². The van der Waals surface area contributed by atoms with Crippen LogP contribution in [0.3, 0.4) is 0 Å². The first-order chi connectivity index (χ1) is 12.8. The third-order valence-corrected chi connectivity index (χ3v) is 6.64. The lowest BCUT2D eigenvalue weighted by Crippen LogP contribution is -2.32. The minimum absolute atomic E-state index is 0.146. The first-order valence-electron chi connectivity index (χ1n) is 8.69. The minimum Gasteiger partial charge on any atom is -0.370 e. The maximum atomic E-state index is 12.7. The van der Waals surface area contributed by atoms with E-state index in [1.165, 1.54) is 19.1 Å². The summed E-state index contributed by atoms with van der Waals surface area (Å²) in [6.45, 7) is 5.33. The van der Waals surface area contributed by atoms with E-state index >= 15 is 0 Å². The molecule has 144 valence electrons. The first-order valence-corrected chi connectivity index (χ1v) is 11.3. The van der Waals surface area contributed by atoms with Gasteiger partial charge in [-0.25, -0.2) is 8.42 Å². The number of sulfonamides is 1. The Bertz CT molecular complexity index is 922. The summed E-state index contributed by atoms with van der Waals surface area (Å²) in [6, 6.07) is 11.9. The Morgan fingerprint density at radius 3 is 2.33 bits per heavy atom. The Balaban J connectivity index is 1.76. The minimum atomic E-state index is -3.70. The molecule has 0 bridgehead atoms. The van der Waals surface area contributed by atoms with E-state index < -0.39 is 10.0 Å². The number of amides is 1. The molecule has 0 spiro atoms. The Morgan fingerprint density at radius 2 is 1.74 bits per heavy atom. The van der Waals surface area contributed by atoms with Crippen LogP contribution in [0.2, 0.25) is 0 Å². The SMILES string of the molecule is CC(=O)Nc1ccc(S(=O)(=O)Nc2ccc(N3CCSCC3)cc2C)cc1. The highest BCUT2D eigenvalue weighted by atomic mass is 32.2. The van der Waals surface area contributed by atoms with Gasteiger partial charge in [0.2, 0.25) is 5.91 Å². The molecule has 8 heteroatoms. The van der Waals surface area contributed by atoms with Crippen molar-refractivity contribution in [1.82, 2.24) is 0 Å². The van der Waals surface area contributed by atoms with Gasteiger partial charge in [0.15, 0.2) is 0 Å². The molecule has 0 aromatic heterocycles. The van der Waals surface area contributed by atoms with Gasteiger partial charge in [-0.2, -0.15) is 11.8 Å². The van der Waals surface area contributed by atoms with Crippen LogP contribution >= 0.6 is 11.8 Å². The fraction of sp³-hybridized carbons (Fsp3) is 0.316. The number of nitrogens with zero attached hydrogens (tertiary/aromatic N) is 1. The fourth-order valence-electron chi connectivity index (χ4n) is 2.90. The van der Waals surface area contributed by atoms with E-state index in [0.717, 1.165) is 35.8 Å². The predicted molar refractivity (Wildman–Crippen MR) is 112 cm³/mol. The molecule has 0 saturated carbocycles. The van der Waals surface area contributed by atoms with Crippen LogP contribution in [0.15, 0.2) is 47.4 Å². The Hall–Kier alpha value is -2.19. The number of hydrogen-bond acceptors (Lipinski definition) is 5. The highest BCUT2D eigenvalue weighted by molar-refractivity contribution is 7.99. The monoisotopic (exact) mass is 405 g/mol. The van der Waals surface area contributed by atoms with E-state index in [-0.39, 0.29) is 10.8 Å². The number of aryl methyl sites for hydroxylation is 1. The molecule has 6 nitrogen and oxygen atoms in total. The molecule has 0 aliphatic carbocycles. The van der Waals surface area contributed by atoms with Crippen LogP contribution in [0.5, 0.6) is 0 Å². The summed E-state index contributed by atoms with van der Waals surface area (Å²) in [6.07, 6.45) is 0. The van der Waals surface area contributed by atoms with Gasteiger partial charge in [0.25, 0.3) is 10.0 Å². The summed E-state index contributed by atoms with van der Waals surface area (Å²) in [5.41, 5.74) is 3.12.